The molecule has 0 saturated carbocycles. The number of aryl methyl sites for hydroxylation is 1. The maximum absolute atomic E-state index is 12.9. The summed E-state index contributed by atoms with van der Waals surface area (Å²) in [5.74, 6) is 1.87. The van der Waals surface area contributed by atoms with Crippen LogP contribution in [0, 0.1) is 6.92 Å². The summed E-state index contributed by atoms with van der Waals surface area (Å²) in [6.45, 7) is 4.33. The molecule has 1 aliphatic rings. The van der Waals surface area contributed by atoms with Gasteiger partial charge in [0.25, 0.3) is 5.91 Å². The summed E-state index contributed by atoms with van der Waals surface area (Å²) in [7, 11) is 0. The second kappa shape index (κ2) is 9.30. The topological polar surface area (TPSA) is 84.1 Å². The van der Waals surface area contributed by atoms with Crippen LogP contribution < -0.4 is 10.2 Å². The lowest BCUT2D eigenvalue weighted by Crippen LogP contribution is -2.30. The molecule has 4 heterocycles. The number of hydrogen-bond acceptors (Lipinski definition) is 7. The fourth-order valence-electron chi connectivity index (χ4n) is 3.61. The smallest absolute Gasteiger partial charge is 0.256 e. The van der Waals surface area contributed by atoms with Crippen molar-refractivity contribution in [1.29, 1.82) is 0 Å². The highest BCUT2D eigenvalue weighted by Gasteiger charge is 2.20. The number of anilines is 1. The Bertz CT molecular complexity index is 1020. The molecule has 1 saturated heterocycles. The summed E-state index contributed by atoms with van der Waals surface area (Å²) in [5.41, 5.74) is 2.15. The second-order valence-corrected chi connectivity index (χ2v) is 8.04. The lowest BCUT2D eigenvalue weighted by atomic mass is 10.1. The normalized spacial score (nSPS) is 14.0. The quantitative estimate of drug-likeness (QED) is 0.472. The van der Waals surface area contributed by atoms with Crippen molar-refractivity contribution in [1.82, 2.24) is 20.3 Å². The van der Waals surface area contributed by atoms with E-state index in [9.17, 15) is 4.79 Å². The third-order valence-electron chi connectivity index (χ3n) is 5.16. The van der Waals surface area contributed by atoms with E-state index in [0.29, 0.717) is 34.4 Å². The van der Waals surface area contributed by atoms with Crippen molar-refractivity contribution in [3.05, 3.63) is 53.5 Å². The van der Waals surface area contributed by atoms with Gasteiger partial charge in [-0.05, 0) is 62.3 Å². The minimum atomic E-state index is -0.181. The van der Waals surface area contributed by atoms with E-state index in [2.05, 4.69) is 31.2 Å². The van der Waals surface area contributed by atoms with E-state index in [0.717, 1.165) is 24.5 Å². The van der Waals surface area contributed by atoms with Gasteiger partial charge in [0.2, 0.25) is 0 Å². The molecule has 1 N–H and O–H groups in total. The number of piperidine rings is 1. The summed E-state index contributed by atoms with van der Waals surface area (Å²) >= 11 is 1.42. The SMILES string of the molecule is CSc1nc(-c2ccco2)nc(C)c1C(=O)NCc1ccnc(N2CCCCC2)c1. The first kappa shape index (κ1) is 20.4. The minimum absolute atomic E-state index is 0.181. The highest BCUT2D eigenvalue weighted by Crippen LogP contribution is 2.25. The number of hydrogen-bond donors (Lipinski definition) is 1. The first-order chi connectivity index (χ1) is 14.7. The van der Waals surface area contributed by atoms with Crippen LogP contribution in [0.5, 0.6) is 0 Å². The van der Waals surface area contributed by atoms with E-state index in [1.165, 1.54) is 31.0 Å². The van der Waals surface area contributed by atoms with Gasteiger partial charge >= 0.3 is 0 Å². The molecule has 1 amide bonds. The predicted molar refractivity (Wildman–Crippen MR) is 118 cm³/mol. The third kappa shape index (κ3) is 4.48. The number of aromatic nitrogens is 3. The highest BCUT2D eigenvalue weighted by molar-refractivity contribution is 7.98. The number of nitrogens with one attached hydrogen (secondary N) is 1. The van der Waals surface area contributed by atoms with Crippen LogP contribution in [-0.4, -0.2) is 40.2 Å². The Morgan fingerprint density at radius 3 is 2.80 bits per heavy atom. The van der Waals surface area contributed by atoms with Crippen LogP contribution in [0.2, 0.25) is 0 Å². The first-order valence-electron chi connectivity index (χ1n) is 10.1. The van der Waals surface area contributed by atoms with Crippen molar-refractivity contribution in [3.8, 4) is 11.6 Å². The van der Waals surface area contributed by atoms with Gasteiger partial charge in [-0.3, -0.25) is 4.79 Å². The number of amides is 1. The van der Waals surface area contributed by atoms with Gasteiger partial charge in [0.05, 0.1) is 17.5 Å². The van der Waals surface area contributed by atoms with Gasteiger partial charge in [-0.1, -0.05) is 0 Å². The minimum Gasteiger partial charge on any atom is -0.461 e. The summed E-state index contributed by atoms with van der Waals surface area (Å²) in [4.78, 5) is 28.8. The average Bonchev–Trinajstić information content (AvgIpc) is 3.33. The largest absolute Gasteiger partial charge is 0.461 e. The maximum Gasteiger partial charge on any atom is 0.256 e. The molecular formula is C22H25N5O2S. The molecule has 0 spiro atoms. The number of pyridine rings is 1. The van der Waals surface area contributed by atoms with Gasteiger partial charge in [0.1, 0.15) is 10.8 Å². The van der Waals surface area contributed by atoms with Crippen molar-refractivity contribution in [2.45, 2.75) is 37.8 Å². The number of thioether (sulfide) groups is 1. The maximum atomic E-state index is 12.9. The number of nitrogens with zero attached hydrogens (tertiary/aromatic N) is 4. The molecule has 0 unspecified atom stereocenters. The lowest BCUT2D eigenvalue weighted by molar-refractivity contribution is 0.0946. The fraction of sp³-hybridized carbons (Fsp3) is 0.364. The van der Waals surface area contributed by atoms with Gasteiger partial charge in [-0.2, -0.15) is 0 Å². The van der Waals surface area contributed by atoms with Crippen LogP contribution in [0.4, 0.5) is 5.82 Å². The summed E-state index contributed by atoms with van der Waals surface area (Å²) in [5, 5.41) is 3.65. The molecule has 3 aromatic heterocycles. The average molecular weight is 424 g/mol. The Hall–Kier alpha value is -2.87. The van der Waals surface area contributed by atoms with Crippen LogP contribution >= 0.6 is 11.8 Å². The Labute approximate surface area is 180 Å². The molecule has 0 radical (unpaired) electrons. The van der Waals surface area contributed by atoms with Crippen molar-refractivity contribution < 1.29 is 9.21 Å². The molecule has 30 heavy (non-hydrogen) atoms. The lowest BCUT2D eigenvalue weighted by Gasteiger charge is -2.27. The molecular weight excluding hydrogens is 398 g/mol. The Morgan fingerprint density at radius 1 is 1.23 bits per heavy atom. The van der Waals surface area contributed by atoms with Crippen LogP contribution in [-0.2, 0) is 6.54 Å². The van der Waals surface area contributed by atoms with E-state index in [4.69, 9.17) is 4.42 Å². The molecule has 7 nitrogen and oxygen atoms in total. The number of carbonyl (C=O) groups excluding carboxylic acids is 1. The standard InChI is InChI=1S/C22H25N5O2S/c1-15-19(22(30-2)26-20(25-15)17-7-6-12-29-17)21(28)24-14-16-8-9-23-18(13-16)27-10-4-3-5-11-27/h6-9,12-13H,3-5,10-11,14H2,1-2H3,(H,24,28). The summed E-state index contributed by atoms with van der Waals surface area (Å²) in [6.07, 6.45) is 8.98. The van der Waals surface area contributed by atoms with Crippen molar-refractivity contribution in [2.75, 3.05) is 24.2 Å². The molecule has 156 valence electrons. The van der Waals surface area contributed by atoms with Crippen molar-refractivity contribution in [3.63, 3.8) is 0 Å². The molecule has 1 fully saturated rings. The molecule has 0 atom stereocenters. The van der Waals surface area contributed by atoms with Gasteiger partial charge in [0, 0.05) is 25.8 Å². The van der Waals surface area contributed by atoms with Crippen molar-refractivity contribution in [2.24, 2.45) is 0 Å². The monoisotopic (exact) mass is 423 g/mol. The Morgan fingerprint density at radius 2 is 2.07 bits per heavy atom. The summed E-state index contributed by atoms with van der Waals surface area (Å²) in [6, 6.07) is 7.60. The zero-order valence-corrected chi connectivity index (χ0v) is 18.0. The van der Waals surface area contributed by atoms with Gasteiger partial charge in [-0.25, -0.2) is 15.0 Å². The van der Waals surface area contributed by atoms with E-state index in [1.54, 1.807) is 12.3 Å². The molecule has 3 aromatic rings. The molecule has 0 bridgehead atoms. The molecule has 1 aliphatic heterocycles. The van der Waals surface area contributed by atoms with E-state index in [1.807, 2.05) is 31.5 Å². The van der Waals surface area contributed by atoms with Gasteiger partial charge in [0.15, 0.2) is 11.6 Å². The molecule has 0 aromatic carbocycles. The van der Waals surface area contributed by atoms with Gasteiger partial charge in [-0.15, -0.1) is 11.8 Å². The predicted octanol–water partition coefficient (Wildman–Crippen LogP) is 4.08. The molecule has 0 aliphatic carbocycles. The van der Waals surface area contributed by atoms with Crippen LogP contribution in [0.1, 0.15) is 40.9 Å². The second-order valence-electron chi connectivity index (χ2n) is 7.25. The summed E-state index contributed by atoms with van der Waals surface area (Å²) < 4.78 is 5.40. The first-order valence-corrected chi connectivity index (χ1v) is 11.3. The highest BCUT2D eigenvalue weighted by atomic mass is 32.2. The van der Waals surface area contributed by atoms with E-state index in [-0.39, 0.29) is 5.91 Å². The number of furan rings is 1. The van der Waals surface area contributed by atoms with Crippen LogP contribution in [0.25, 0.3) is 11.6 Å². The zero-order chi connectivity index (χ0) is 20.9. The van der Waals surface area contributed by atoms with E-state index >= 15 is 0 Å². The van der Waals surface area contributed by atoms with Crippen LogP contribution in [0.15, 0.2) is 46.2 Å². The Balaban J connectivity index is 1.49. The van der Waals surface area contributed by atoms with Gasteiger partial charge < -0.3 is 14.6 Å². The number of carbonyl (C=O) groups is 1. The van der Waals surface area contributed by atoms with E-state index < -0.39 is 0 Å². The number of rotatable bonds is 6. The molecule has 4 rings (SSSR count). The zero-order valence-electron chi connectivity index (χ0n) is 17.2. The van der Waals surface area contributed by atoms with Crippen LogP contribution in [0.3, 0.4) is 0 Å². The fourth-order valence-corrected chi connectivity index (χ4v) is 4.23. The third-order valence-corrected chi connectivity index (χ3v) is 5.84. The molecule has 8 heteroatoms. The Kier molecular flexibility index (Phi) is 6.32. The van der Waals surface area contributed by atoms with Crippen molar-refractivity contribution >= 4 is 23.5 Å².